The number of amides is 1. The van der Waals surface area contributed by atoms with Crippen molar-refractivity contribution < 1.29 is 4.79 Å². The monoisotopic (exact) mass is 271 g/mol. The van der Waals surface area contributed by atoms with Gasteiger partial charge in [0, 0.05) is 37.0 Å². The molecule has 0 saturated carbocycles. The SMILES string of the molecule is Cc1c(Br)cncc1C(=O)N(C)CCN. The second-order valence-corrected chi connectivity index (χ2v) is 4.16. The molecule has 15 heavy (non-hydrogen) atoms. The molecule has 1 amide bonds. The number of halogens is 1. The van der Waals surface area contributed by atoms with Crippen molar-refractivity contribution in [2.24, 2.45) is 5.73 Å². The molecule has 2 N–H and O–H groups in total. The smallest absolute Gasteiger partial charge is 0.255 e. The third-order valence-electron chi connectivity index (χ3n) is 2.20. The Morgan fingerprint density at radius 1 is 1.60 bits per heavy atom. The molecule has 1 heterocycles. The van der Waals surface area contributed by atoms with Gasteiger partial charge in [0.1, 0.15) is 0 Å². The highest BCUT2D eigenvalue weighted by atomic mass is 79.9. The lowest BCUT2D eigenvalue weighted by atomic mass is 10.1. The second-order valence-electron chi connectivity index (χ2n) is 3.31. The molecule has 1 rings (SSSR count). The topological polar surface area (TPSA) is 59.2 Å². The zero-order chi connectivity index (χ0) is 11.4. The maximum Gasteiger partial charge on any atom is 0.255 e. The lowest BCUT2D eigenvalue weighted by Crippen LogP contribution is -2.32. The maximum atomic E-state index is 11.9. The fourth-order valence-electron chi connectivity index (χ4n) is 1.22. The van der Waals surface area contributed by atoms with Gasteiger partial charge in [-0.3, -0.25) is 9.78 Å². The van der Waals surface area contributed by atoms with Crippen molar-refractivity contribution in [3.05, 3.63) is 28.0 Å². The number of hydrogen-bond acceptors (Lipinski definition) is 3. The first kappa shape index (κ1) is 12.1. The van der Waals surface area contributed by atoms with Crippen LogP contribution in [0.25, 0.3) is 0 Å². The molecule has 82 valence electrons. The van der Waals surface area contributed by atoms with Crippen LogP contribution in [0.15, 0.2) is 16.9 Å². The van der Waals surface area contributed by atoms with Gasteiger partial charge in [-0.15, -0.1) is 0 Å². The largest absolute Gasteiger partial charge is 0.340 e. The van der Waals surface area contributed by atoms with Crippen LogP contribution in [-0.4, -0.2) is 35.9 Å². The van der Waals surface area contributed by atoms with Gasteiger partial charge >= 0.3 is 0 Å². The van der Waals surface area contributed by atoms with Crippen molar-refractivity contribution in [2.75, 3.05) is 20.1 Å². The third-order valence-corrected chi connectivity index (χ3v) is 2.99. The van der Waals surface area contributed by atoms with E-state index in [0.717, 1.165) is 10.0 Å². The van der Waals surface area contributed by atoms with Crippen molar-refractivity contribution in [1.82, 2.24) is 9.88 Å². The quantitative estimate of drug-likeness (QED) is 0.899. The van der Waals surface area contributed by atoms with Gasteiger partial charge in [-0.2, -0.15) is 0 Å². The fraction of sp³-hybridized carbons (Fsp3) is 0.400. The molecular formula is C10H14BrN3O. The van der Waals surface area contributed by atoms with Crippen LogP contribution in [-0.2, 0) is 0 Å². The highest BCUT2D eigenvalue weighted by Gasteiger charge is 2.14. The molecule has 1 aromatic rings. The van der Waals surface area contributed by atoms with Crippen molar-refractivity contribution in [3.8, 4) is 0 Å². The van der Waals surface area contributed by atoms with E-state index in [4.69, 9.17) is 5.73 Å². The molecule has 0 bridgehead atoms. The van der Waals surface area contributed by atoms with Crippen molar-refractivity contribution in [1.29, 1.82) is 0 Å². The van der Waals surface area contributed by atoms with Gasteiger partial charge in [0.2, 0.25) is 0 Å². The number of carbonyl (C=O) groups is 1. The molecule has 0 aromatic carbocycles. The van der Waals surface area contributed by atoms with E-state index in [1.54, 1.807) is 24.3 Å². The zero-order valence-electron chi connectivity index (χ0n) is 8.83. The summed E-state index contributed by atoms with van der Waals surface area (Å²) in [7, 11) is 1.73. The first-order valence-electron chi connectivity index (χ1n) is 4.63. The van der Waals surface area contributed by atoms with Crippen molar-refractivity contribution in [2.45, 2.75) is 6.92 Å². The van der Waals surface area contributed by atoms with Gasteiger partial charge in [0.05, 0.1) is 5.56 Å². The van der Waals surface area contributed by atoms with Crippen LogP contribution in [0.4, 0.5) is 0 Å². The lowest BCUT2D eigenvalue weighted by Gasteiger charge is -2.17. The van der Waals surface area contributed by atoms with Crippen molar-refractivity contribution in [3.63, 3.8) is 0 Å². The number of nitrogens with two attached hydrogens (primary N) is 1. The molecule has 0 aliphatic rings. The molecular weight excluding hydrogens is 258 g/mol. The van der Waals surface area contributed by atoms with E-state index in [2.05, 4.69) is 20.9 Å². The highest BCUT2D eigenvalue weighted by molar-refractivity contribution is 9.10. The molecule has 0 atom stereocenters. The number of likely N-dealkylation sites (N-methyl/N-ethyl adjacent to an activating group) is 1. The maximum absolute atomic E-state index is 11.9. The zero-order valence-corrected chi connectivity index (χ0v) is 10.4. The predicted molar refractivity (Wildman–Crippen MR) is 62.7 cm³/mol. The Hall–Kier alpha value is -0.940. The lowest BCUT2D eigenvalue weighted by molar-refractivity contribution is 0.0798. The summed E-state index contributed by atoms with van der Waals surface area (Å²) in [4.78, 5) is 17.5. The summed E-state index contributed by atoms with van der Waals surface area (Å²) >= 11 is 3.34. The molecule has 4 nitrogen and oxygen atoms in total. The average molecular weight is 272 g/mol. The van der Waals surface area contributed by atoms with Crippen LogP contribution in [0.1, 0.15) is 15.9 Å². The minimum absolute atomic E-state index is 0.0493. The van der Waals surface area contributed by atoms with E-state index in [1.807, 2.05) is 6.92 Å². The highest BCUT2D eigenvalue weighted by Crippen LogP contribution is 2.18. The molecule has 0 spiro atoms. The van der Waals surface area contributed by atoms with Crippen molar-refractivity contribution >= 4 is 21.8 Å². The summed E-state index contributed by atoms with van der Waals surface area (Å²) in [5.74, 6) is -0.0493. The van der Waals surface area contributed by atoms with E-state index in [0.29, 0.717) is 18.7 Å². The average Bonchev–Trinajstić information content (AvgIpc) is 2.21. The molecule has 0 aliphatic heterocycles. The van der Waals surface area contributed by atoms with Crippen LogP contribution in [0, 0.1) is 6.92 Å². The Morgan fingerprint density at radius 3 is 2.87 bits per heavy atom. The van der Waals surface area contributed by atoms with Crippen LogP contribution in [0.3, 0.4) is 0 Å². The van der Waals surface area contributed by atoms with E-state index in [1.165, 1.54) is 0 Å². The van der Waals surface area contributed by atoms with E-state index < -0.39 is 0 Å². The second kappa shape index (κ2) is 5.23. The van der Waals surface area contributed by atoms with Crippen LogP contribution >= 0.6 is 15.9 Å². The summed E-state index contributed by atoms with van der Waals surface area (Å²) < 4.78 is 0.842. The minimum atomic E-state index is -0.0493. The Morgan fingerprint density at radius 2 is 2.27 bits per heavy atom. The van der Waals surface area contributed by atoms with E-state index >= 15 is 0 Å². The van der Waals surface area contributed by atoms with Crippen LogP contribution in [0.2, 0.25) is 0 Å². The Bertz CT molecular complexity index is 368. The normalized spacial score (nSPS) is 10.1. The first-order chi connectivity index (χ1) is 7.07. The third kappa shape index (κ3) is 2.76. The Balaban J connectivity index is 2.96. The summed E-state index contributed by atoms with van der Waals surface area (Å²) in [6.07, 6.45) is 3.25. The van der Waals surface area contributed by atoms with Gasteiger partial charge in [-0.05, 0) is 28.4 Å². The summed E-state index contributed by atoms with van der Waals surface area (Å²) in [5, 5.41) is 0. The van der Waals surface area contributed by atoms with Crippen LogP contribution in [0.5, 0.6) is 0 Å². The van der Waals surface area contributed by atoms with Gasteiger partial charge < -0.3 is 10.6 Å². The first-order valence-corrected chi connectivity index (χ1v) is 5.43. The number of hydrogen-bond donors (Lipinski definition) is 1. The minimum Gasteiger partial charge on any atom is -0.340 e. The molecule has 0 aliphatic carbocycles. The van der Waals surface area contributed by atoms with Gasteiger partial charge in [0.15, 0.2) is 0 Å². The molecule has 5 heteroatoms. The predicted octanol–water partition coefficient (Wildman–Crippen LogP) is 1.18. The summed E-state index contributed by atoms with van der Waals surface area (Å²) in [5.41, 5.74) is 6.91. The number of aromatic nitrogens is 1. The molecule has 1 aromatic heterocycles. The van der Waals surface area contributed by atoms with Gasteiger partial charge in [0.25, 0.3) is 5.91 Å². The van der Waals surface area contributed by atoms with Gasteiger partial charge in [-0.1, -0.05) is 0 Å². The Labute approximate surface area is 97.6 Å². The standard InChI is InChI=1S/C10H14BrN3O/c1-7-8(5-13-6-9(7)11)10(15)14(2)4-3-12/h5-6H,3-4,12H2,1-2H3. The molecule has 0 saturated heterocycles. The molecule has 0 unspecified atom stereocenters. The van der Waals surface area contributed by atoms with Crippen LogP contribution < -0.4 is 5.73 Å². The Kier molecular flexibility index (Phi) is 4.23. The summed E-state index contributed by atoms with van der Waals surface area (Å²) in [6.45, 7) is 2.89. The molecule has 0 fully saturated rings. The number of carbonyl (C=O) groups excluding carboxylic acids is 1. The van der Waals surface area contributed by atoms with Gasteiger partial charge in [-0.25, -0.2) is 0 Å². The number of rotatable bonds is 3. The van der Waals surface area contributed by atoms with E-state index in [9.17, 15) is 4.79 Å². The van der Waals surface area contributed by atoms with E-state index in [-0.39, 0.29) is 5.91 Å². The fourth-order valence-corrected chi connectivity index (χ4v) is 1.55. The number of nitrogens with zero attached hydrogens (tertiary/aromatic N) is 2. The summed E-state index contributed by atoms with van der Waals surface area (Å²) in [6, 6.07) is 0. The molecule has 0 radical (unpaired) electrons. The number of pyridine rings is 1.